The molecule has 1 aliphatic heterocycles. The largest absolute Gasteiger partial charge is 0.394 e. The molecule has 0 aromatic carbocycles. The van der Waals surface area contributed by atoms with Crippen molar-refractivity contribution in [2.45, 2.75) is 37.6 Å². The smallest absolute Gasteiger partial charge is 0.187 e. The van der Waals surface area contributed by atoms with E-state index in [0.717, 1.165) is 0 Å². The fourth-order valence-electron chi connectivity index (χ4n) is 1.45. The molecule has 4 N–H and O–H groups in total. The predicted molar refractivity (Wildman–Crippen MR) is 54.5 cm³/mol. The lowest BCUT2D eigenvalue weighted by atomic mass is 9.99. The maximum absolute atomic E-state index is 9.55. The van der Waals surface area contributed by atoms with Crippen LogP contribution in [0, 0.1) is 0 Å². The van der Waals surface area contributed by atoms with Crippen molar-refractivity contribution >= 4 is 0 Å². The molecule has 5 atom stereocenters. The molecule has 1 heterocycles. The molecule has 0 saturated carbocycles. The van der Waals surface area contributed by atoms with E-state index in [-0.39, 0.29) is 6.61 Å². The van der Waals surface area contributed by atoms with E-state index >= 15 is 0 Å². The highest BCUT2D eigenvalue weighted by molar-refractivity contribution is 4.89. The Morgan fingerprint density at radius 3 is 2.44 bits per heavy atom. The second-order valence-corrected chi connectivity index (χ2v) is 3.60. The van der Waals surface area contributed by atoms with E-state index in [1.165, 1.54) is 0 Å². The molecule has 1 saturated heterocycles. The number of rotatable bonds is 4. The molecular weight excluding hydrogens is 216 g/mol. The van der Waals surface area contributed by atoms with Gasteiger partial charge in [0.25, 0.3) is 0 Å². The van der Waals surface area contributed by atoms with Gasteiger partial charge < -0.3 is 29.9 Å². The van der Waals surface area contributed by atoms with Gasteiger partial charge in [-0.15, -0.1) is 0 Å². The number of hydrogen-bond acceptors (Lipinski definition) is 6. The minimum Gasteiger partial charge on any atom is -0.394 e. The molecule has 16 heavy (non-hydrogen) atoms. The van der Waals surface area contributed by atoms with Crippen LogP contribution in [0.5, 0.6) is 0 Å². The summed E-state index contributed by atoms with van der Waals surface area (Å²) in [6.07, 6.45) is -2.56. The molecule has 0 aliphatic carbocycles. The highest BCUT2D eigenvalue weighted by Crippen LogP contribution is 2.21. The van der Waals surface area contributed by atoms with E-state index < -0.39 is 37.3 Å². The molecule has 94 valence electrons. The third-order valence-corrected chi connectivity index (χ3v) is 2.44. The lowest BCUT2D eigenvalue weighted by Crippen LogP contribution is -2.59. The van der Waals surface area contributed by atoms with E-state index in [1.807, 2.05) is 6.92 Å². The van der Waals surface area contributed by atoms with E-state index in [9.17, 15) is 15.3 Å². The zero-order chi connectivity index (χ0) is 12.1. The van der Waals surface area contributed by atoms with Gasteiger partial charge >= 0.3 is 0 Å². The van der Waals surface area contributed by atoms with E-state index in [2.05, 4.69) is 0 Å². The van der Waals surface area contributed by atoms with Crippen LogP contribution in [-0.4, -0.2) is 64.3 Å². The standard InChI is InChI=1S/C10H18O6/c1-2-3-4-15-10-9(14)8(13)7(12)6(5-11)16-10/h2-3,6-14H,4-5H2,1H3/b3-2+/t6?,7-,8?,9?,10-/m1/s1. The summed E-state index contributed by atoms with van der Waals surface area (Å²) in [5, 5.41) is 37.4. The first-order chi connectivity index (χ1) is 7.61. The van der Waals surface area contributed by atoms with Crippen LogP contribution in [0.3, 0.4) is 0 Å². The van der Waals surface area contributed by atoms with Gasteiger partial charge in [0.1, 0.15) is 24.4 Å². The topological polar surface area (TPSA) is 99.4 Å². The molecule has 0 aromatic rings. The number of hydrogen-bond donors (Lipinski definition) is 4. The Morgan fingerprint density at radius 2 is 1.88 bits per heavy atom. The molecule has 3 unspecified atom stereocenters. The molecule has 0 spiro atoms. The van der Waals surface area contributed by atoms with Gasteiger partial charge in [-0.3, -0.25) is 0 Å². The van der Waals surface area contributed by atoms with Crippen molar-refractivity contribution in [3.05, 3.63) is 12.2 Å². The van der Waals surface area contributed by atoms with Crippen molar-refractivity contribution in [3.63, 3.8) is 0 Å². The molecule has 1 rings (SSSR count). The first kappa shape index (κ1) is 13.6. The van der Waals surface area contributed by atoms with Crippen molar-refractivity contribution in [1.29, 1.82) is 0 Å². The third kappa shape index (κ3) is 3.00. The van der Waals surface area contributed by atoms with Crippen molar-refractivity contribution in [2.75, 3.05) is 13.2 Å². The van der Waals surface area contributed by atoms with Gasteiger partial charge in [-0.2, -0.15) is 0 Å². The predicted octanol–water partition coefficient (Wildman–Crippen LogP) is -1.62. The summed E-state index contributed by atoms with van der Waals surface area (Å²) in [6, 6.07) is 0. The number of allylic oxidation sites excluding steroid dienone is 1. The van der Waals surface area contributed by atoms with Crippen molar-refractivity contribution < 1.29 is 29.9 Å². The van der Waals surface area contributed by atoms with Gasteiger partial charge in [-0.1, -0.05) is 12.2 Å². The Morgan fingerprint density at radius 1 is 1.19 bits per heavy atom. The Bertz CT molecular complexity index is 229. The van der Waals surface area contributed by atoms with Crippen molar-refractivity contribution in [1.82, 2.24) is 0 Å². The summed E-state index contributed by atoms with van der Waals surface area (Å²) in [7, 11) is 0. The van der Waals surface area contributed by atoms with Crippen LogP contribution in [0.25, 0.3) is 0 Å². The molecule has 1 fully saturated rings. The van der Waals surface area contributed by atoms with Gasteiger partial charge in [0.2, 0.25) is 0 Å². The molecule has 0 amide bonds. The van der Waals surface area contributed by atoms with Crippen LogP contribution < -0.4 is 0 Å². The fraction of sp³-hybridized carbons (Fsp3) is 0.800. The first-order valence-corrected chi connectivity index (χ1v) is 5.15. The molecule has 0 aromatic heterocycles. The number of ether oxygens (including phenoxy) is 2. The van der Waals surface area contributed by atoms with Gasteiger partial charge in [0, 0.05) is 0 Å². The quantitative estimate of drug-likeness (QED) is 0.436. The summed E-state index contributed by atoms with van der Waals surface area (Å²) in [6.45, 7) is 1.59. The average Bonchev–Trinajstić information content (AvgIpc) is 2.29. The summed E-state index contributed by atoms with van der Waals surface area (Å²) in [5.74, 6) is 0. The maximum atomic E-state index is 9.55. The highest BCUT2D eigenvalue weighted by Gasteiger charge is 2.43. The van der Waals surface area contributed by atoms with E-state index in [4.69, 9.17) is 14.6 Å². The Kier molecular flexibility index (Phi) is 5.33. The van der Waals surface area contributed by atoms with Crippen LogP contribution in [0.4, 0.5) is 0 Å². The van der Waals surface area contributed by atoms with Crippen LogP contribution in [-0.2, 0) is 9.47 Å². The summed E-state index contributed by atoms with van der Waals surface area (Å²) >= 11 is 0. The van der Waals surface area contributed by atoms with Crippen LogP contribution in [0.2, 0.25) is 0 Å². The number of aliphatic hydroxyl groups excluding tert-OH is 4. The zero-order valence-electron chi connectivity index (χ0n) is 9.06. The molecule has 6 heteroatoms. The van der Waals surface area contributed by atoms with Crippen molar-refractivity contribution in [3.8, 4) is 0 Å². The monoisotopic (exact) mass is 234 g/mol. The van der Waals surface area contributed by atoms with Crippen LogP contribution in [0.15, 0.2) is 12.2 Å². The first-order valence-electron chi connectivity index (χ1n) is 5.15. The summed E-state index contributed by atoms with van der Waals surface area (Å²) < 4.78 is 10.3. The van der Waals surface area contributed by atoms with E-state index in [1.54, 1.807) is 12.2 Å². The Hall–Kier alpha value is -0.500. The normalized spacial score (nSPS) is 40.4. The zero-order valence-corrected chi connectivity index (χ0v) is 9.06. The summed E-state index contributed by atoms with van der Waals surface area (Å²) in [5.41, 5.74) is 0. The van der Waals surface area contributed by atoms with Gasteiger partial charge in [0.05, 0.1) is 13.2 Å². The lowest BCUT2D eigenvalue weighted by Gasteiger charge is -2.39. The maximum Gasteiger partial charge on any atom is 0.187 e. The van der Waals surface area contributed by atoms with Crippen molar-refractivity contribution in [2.24, 2.45) is 0 Å². The average molecular weight is 234 g/mol. The lowest BCUT2D eigenvalue weighted by molar-refractivity contribution is -0.298. The second kappa shape index (κ2) is 6.29. The molecule has 6 nitrogen and oxygen atoms in total. The molecular formula is C10H18O6. The van der Waals surface area contributed by atoms with Crippen LogP contribution in [0.1, 0.15) is 6.92 Å². The van der Waals surface area contributed by atoms with Gasteiger partial charge in [-0.25, -0.2) is 0 Å². The Balaban J connectivity index is 2.56. The highest BCUT2D eigenvalue weighted by atomic mass is 16.7. The number of aliphatic hydroxyl groups is 4. The summed E-state index contributed by atoms with van der Waals surface area (Å²) in [4.78, 5) is 0. The Labute approximate surface area is 93.7 Å². The second-order valence-electron chi connectivity index (χ2n) is 3.60. The minimum absolute atomic E-state index is 0.221. The molecule has 0 radical (unpaired) electrons. The SMILES string of the molecule is C/C=C/CO[C@@H]1OC(CO)[C@@H](O)C(O)C1O. The molecule has 1 aliphatic rings. The van der Waals surface area contributed by atoms with Gasteiger partial charge in [-0.05, 0) is 6.92 Å². The van der Waals surface area contributed by atoms with Gasteiger partial charge in [0.15, 0.2) is 6.29 Å². The third-order valence-electron chi connectivity index (χ3n) is 2.44. The van der Waals surface area contributed by atoms with Crippen LogP contribution >= 0.6 is 0 Å². The minimum atomic E-state index is -1.39. The fourth-order valence-corrected chi connectivity index (χ4v) is 1.45. The molecule has 0 bridgehead atoms. The van der Waals surface area contributed by atoms with E-state index in [0.29, 0.717) is 0 Å².